The number of methoxy groups -OCH3 is 3. The number of hydrogen-bond acceptors (Lipinski definition) is 7. The summed E-state index contributed by atoms with van der Waals surface area (Å²) < 4.78 is 22.8. The molecular formula is C28H29N3O5. The van der Waals surface area contributed by atoms with E-state index in [1.807, 2.05) is 49.4 Å². The molecule has 1 aliphatic heterocycles. The summed E-state index contributed by atoms with van der Waals surface area (Å²) in [6, 6.07) is 13.2. The van der Waals surface area contributed by atoms with Crippen molar-refractivity contribution in [2.75, 3.05) is 27.9 Å². The van der Waals surface area contributed by atoms with Crippen LogP contribution in [0.25, 0.3) is 33.6 Å². The average molecular weight is 488 g/mol. The van der Waals surface area contributed by atoms with Gasteiger partial charge in [0.1, 0.15) is 11.3 Å². The Kier molecular flexibility index (Phi) is 6.52. The van der Waals surface area contributed by atoms with Crippen LogP contribution in [0.5, 0.6) is 17.2 Å². The summed E-state index contributed by atoms with van der Waals surface area (Å²) >= 11 is 0. The van der Waals surface area contributed by atoms with Gasteiger partial charge in [-0.15, -0.1) is 0 Å². The van der Waals surface area contributed by atoms with E-state index in [1.165, 1.54) is 0 Å². The summed E-state index contributed by atoms with van der Waals surface area (Å²) in [6.45, 7) is 2.88. The monoisotopic (exact) mass is 487 g/mol. The number of rotatable bonds is 7. The van der Waals surface area contributed by atoms with Crippen LogP contribution in [0.1, 0.15) is 28.8 Å². The number of carbonyl (C=O) groups excluding carboxylic acids is 1. The maximum absolute atomic E-state index is 13.0. The minimum Gasteiger partial charge on any atom is -0.493 e. The zero-order chi connectivity index (χ0) is 25.2. The predicted octanol–water partition coefficient (Wildman–Crippen LogP) is 4.94. The molecule has 1 fully saturated rings. The van der Waals surface area contributed by atoms with E-state index in [2.05, 4.69) is 15.6 Å². The summed E-state index contributed by atoms with van der Waals surface area (Å²) in [5, 5.41) is 6.40. The molecule has 0 spiro atoms. The summed E-state index contributed by atoms with van der Waals surface area (Å²) in [5.41, 5.74) is 5.42. The van der Waals surface area contributed by atoms with Crippen LogP contribution in [0.3, 0.4) is 0 Å². The van der Waals surface area contributed by atoms with E-state index < -0.39 is 0 Å². The van der Waals surface area contributed by atoms with E-state index in [-0.39, 0.29) is 12.1 Å². The molecule has 4 aromatic rings. The number of fused-ring (bicyclic) bond motifs is 1. The lowest BCUT2D eigenvalue weighted by atomic mass is 9.96. The molecule has 1 amide bonds. The molecule has 0 aliphatic carbocycles. The van der Waals surface area contributed by atoms with Crippen LogP contribution in [0.15, 0.2) is 53.1 Å². The molecule has 1 atom stereocenters. The number of nitrogens with one attached hydrogen (secondary N) is 2. The molecule has 1 unspecified atom stereocenters. The van der Waals surface area contributed by atoms with Crippen molar-refractivity contribution in [3.05, 3.63) is 59.8 Å². The molecule has 0 saturated carbocycles. The van der Waals surface area contributed by atoms with E-state index >= 15 is 0 Å². The molecule has 1 saturated heterocycles. The van der Waals surface area contributed by atoms with Gasteiger partial charge in [0.25, 0.3) is 5.91 Å². The van der Waals surface area contributed by atoms with Gasteiger partial charge in [0.05, 0.1) is 27.5 Å². The molecule has 2 N–H and O–H groups in total. The Labute approximate surface area is 209 Å². The Morgan fingerprint density at radius 2 is 1.83 bits per heavy atom. The molecule has 8 nitrogen and oxygen atoms in total. The van der Waals surface area contributed by atoms with Crippen LogP contribution in [-0.4, -0.2) is 44.9 Å². The zero-order valence-electron chi connectivity index (χ0n) is 20.8. The molecule has 3 heterocycles. The highest BCUT2D eigenvalue weighted by Gasteiger charge is 2.22. The van der Waals surface area contributed by atoms with Crippen LogP contribution in [0.4, 0.5) is 0 Å². The molecule has 186 valence electrons. The lowest BCUT2D eigenvalue weighted by Crippen LogP contribution is -2.41. The molecule has 8 heteroatoms. The van der Waals surface area contributed by atoms with E-state index in [0.717, 1.165) is 41.6 Å². The minimum absolute atomic E-state index is 0.0132. The molecule has 1 aliphatic rings. The van der Waals surface area contributed by atoms with Crippen molar-refractivity contribution in [3.63, 3.8) is 0 Å². The number of hydrogen-bond donors (Lipinski definition) is 2. The lowest BCUT2D eigenvalue weighted by Gasteiger charge is -2.16. The second kappa shape index (κ2) is 9.91. The Bertz CT molecular complexity index is 1400. The molecule has 0 bridgehead atoms. The standard InChI is InChI=1S/C28H29N3O5/c1-16-18(7-5-8-19(16)28(32)31-25-9-6-11-30-25)20-10-12-29-21-15-22(36-26(20)21)17-13-23(33-2)27(35-4)24(14-17)34-3/h5,7-8,10,12-15,25,30H,6,9,11H2,1-4H3,(H,31,32). The number of amides is 1. The van der Waals surface area contributed by atoms with Crippen molar-refractivity contribution in [2.45, 2.75) is 25.9 Å². The highest BCUT2D eigenvalue weighted by molar-refractivity contribution is 6.00. The van der Waals surface area contributed by atoms with Crippen molar-refractivity contribution in [2.24, 2.45) is 0 Å². The van der Waals surface area contributed by atoms with Gasteiger partial charge in [0.2, 0.25) is 5.75 Å². The lowest BCUT2D eigenvalue weighted by molar-refractivity contribution is 0.0933. The van der Waals surface area contributed by atoms with E-state index in [9.17, 15) is 4.79 Å². The van der Waals surface area contributed by atoms with Crippen LogP contribution < -0.4 is 24.8 Å². The summed E-state index contributed by atoms with van der Waals surface area (Å²) in [4.78, 5) is 17.5. The SMILES string of the molecule is COc1cc(-c2cc3nccc(-c4cccc(C(=O)NC5CCCN5)c4C)c3o2)cc(OC)c1OC. The third-order valence-corrected chi connectivity index (χ3v) is 6.60. The van der Waals surface area contributed by atoms with E-state index in [1.54, 1.807) is 27.5 Å². The molecule has 0 radical (unpaired) electrons. The number of aromatic nitrogens is 1. The molecule has 2 aromatic carbocycles. The summed E-state index contributed by atoms with van der Waals surface area (Å²) in [5.74, 6) is 2.11. The van der Waals surface area contributed by atoms with Gasteiger partial charge in [0.15, 0.2) is 17.1 Å². The molecule has 5 rings (SSSR count). The average Bonchev–Trinajstić information content (AvgIpc) is 3.57. The topological polar surface area (TPSA) is 94.9 Å². The van der Waals surface area contributed by atoms with Gasteiger partial charge in [-0.05, 0) is 61.7 Å². The van der Waals surface area contributed by atoms with E-state index in [4.69, 9.17) is 18.6 Å². The number of benzene rings is 2. The number of ether oxygens (including phenoxy) is 3. The normalized spacial score (nSPS) is 15.2. The van der Waals surface area contributed by atoms with Crippen molar-refractivity contribution in [1.29, 1.82) is 0 Å². The molecular weight excluding hydrogens is 458 g/mol. The zero-order valence-corrected chi connectivity index (χ0v) is 20.8. The quantitative estimate of drug-likeness (QED) is 0.381. The maximum Gasteiger partial charge on any atom is 0.252 e. The van der Waals surface area contributed by atoms with E-state index in [0.29, 0.717) is 39.7 Å². The Morgan fingerprint density at radius 1 is 1.06 bits per heavy atom. The number of furan rings is 1. The van der Waals surface area contributed by atoms with Crippen molar-refractivity contribution < 1.29 is 23.4 Å². The number of nitrogens with zero attached hydrogens (tertiary/aromatic N) is 1. The molecule has 2 aromatic heterocycles. The van der Waals surface area contributed by atoms with Gasteiger partial charge < -0.3 is 23.9 Å². The Balaban J connectivity index is 1.56. The smallest absolute Gasteiger partial charge is 0.252 e. The first-order valence-corrected chi connectivity index (χ1v) is 11.9. The van der Waals surface area contributed by atoms with Gasteiger partial charge in [-0.25, -0.2) is 0 Å². The van der Waals surface area contributed by atoms with Gasteiger partial charge >= 0.3 is 0 Å². The van der Waals surface area contributed by atoms with Gasteiger partial charge in [-0.2, -0.15) is 0 Å². The van der Waals surface area contributed by atoms with Crippen LogP contribution in [-0.2, 0) is 0 Å². The Hall–Kier alpha value is -4.04. The predicted molar refractivity (Wildman–Crippen MR) is 138 cm³/mol. The third kappa shape index (κ3) is 4.24. The maximum atomic E-state index is 13.0. The second-order valence-corrected chi connectivity index (χ2v) is 8.70. The second-order valence-electron chi connectivity index (χ2n) is 8.70. The van der Waals surface area contributed by atoms with Crippen LogP contribution in [0, 0.1) is 6.92 Å². The van der Waals surface area contributed by atoms with Crippen molar-refractivity contribution in [1.82, 2.24) is 15.6 Å². The van der Waals surface area contributed by atoms with Crippen molar-refractivity contribution >= 4 is 17.0 Å². The van der Waals surface area contributed by atoms with Crippen molar-refractivity contribution in [3.8, 4) is 39.7 Å². The highest BCUT2D eigenvalue weighted by atomic mass is 16.5. The van der Waals surface area contributed by atoms with Gasteiger partial charge in [-0.3, -0.25) is 15.1 Å². The number of pyridine rings is 1. The first kappa shape index (κ1) is 23.7. The molecule has 36 heavy (non-hydrogen) atoms. The van der Waals surface area contributed by atoms with Gasteiger partial charge in [-0.1, -0.05) is 12.1 Å². The fourth-order valence-corrected chi connectivity index (χ4v) is 4.73. The van der Waals surface area contributed by atoms with Crippen LogP contribution in [0.2, 0.25) is 0 Å². The fourth-order valence-electron chi connectivity index (χ4n) is 4.73. The summed E-state index contributed by atoms with van der Waals surface area (Å²) in [6.07, 6.45) is 3.76. The van der Waals surface area contributed by atoms with Crippen LogP contribution >= 0.6 is 0 Å². The minimum atomic E-state index is -0.0865. The fraction of sp³-hybridized carbons (Fsp3) is 0.286. The first-order chi connectivity index (χ1) is 17.5. The van der Waals surface area contributed by atoms with Gasteiger partial charge in [0, 0.05) is 29.0 Å². The third-order valence-electron chi connectivity index (χ3n) is 6.60. The highest BCUT2D eigenvalue weighted by Crippen LogP contribution is 2.43. The Morgan fingerprint density at radius 3 is 2.50 bits per heavy atom. The first-order valence-electron chi connectivity index (χ1n) is 11.9. The number of carbonyl (C=O) groups is 1. The summed E-state index contributed by atoms with van der Waals surface area (Å²) in [7, 11) is 4.72. The largest absolute Gasteiger partial charge is 0.493 e.